The monoisotopic (exact) mass is 295 g/mol. The molecule has 3 rings (SSSR count). The number of hydroxylamine groups is 1. The first-order valence-corrected chi connectivity index (χ1v) is 6.69. The van der Waals surface area contributed by atoms with Gasteiger partial charge in [-0.2, -0.15) is 5.06 Å². The van der Waals surface area contributed by atoms with Crippen molar-refractivity contribution in [2.24, 2.45) is 0 Å². The Hall–Kier alpha value is -2.92. The van der Waals surface area contributed by atoms with Gasteiger partial charge in [0, 0.05) is 5.39 Å². The van der Waals surface area contributed by atoms with Gasteiger partial charge in [-0.1, -0.05) is 35.9 Å². The number of nitrogens with zero attached hydrogens (tertiary/aromatic N) is 1. The minimum atomic E-state index is -0.830. The van der Waals surface area contributed by atoms with Crippen molar-refractivity contribution in [1.29, 1.82) is 0 Å². The Morgan fingerprint density at radius 1 is 1.09 bits per heavy atom. The van der Waals surface area contributed by atoms with Crippen molar-refractivity contribution in [3.8, 4) is 0 Å². The molecule has 0 spiro atoms. The number of anilines is 1. The van der Waals surface area contributed by atoms with Crippen LogP contribution in [-0.2, 0) is 0 Å². The van der Waals surface area contributed by atoms with Crippen LogP contribution >= 0.6 is 0 Å². The van der Waals surface area contributed by atoms with E-state index in [-0.39, 0.29) is 11.3 Å². The summed E-state index contributed by atoms with van der Waals surface area (Å²) in [5.74, 6) is -0.830. The second-order valence-corrected chi connectivity index (χ2v) is 4.94. The van der Waals surface area contributed by atoms with Crippen molar-refractivity contribution in [3.63, 3.8) is 0 Å². The van der Waals surface area contributed by atoms with Gasteiger partial charge in [0.05, 0.1) is 5.69 Å². The summed E-state index contributed by atoms with van der Waals surface area (Å²) >= 11 is 0. The molecule has 1 heterocycles. The smallest absolute Gasteiger partial charge is 0.349 e. The molecule has 5 nitrogen and oxygen atoms in total. The molecule has 0 unspecified atom stereocenters. The first-order chi connectivity index (χ1) is 10.6. The van der Waals surface area contributed by atoms with Gasteiger partial charge in [-0.3, -0.25) is 10.0 Å². The van der Waals surface area contributed by atoms with Crippen molar-refractivity contribution in [3.05, 3.63) is 76.1 Å². The minimum Gasteiger partial charge on any atom is -0.422 e. The Bertz CT molecular complexity index is 896. The molecule has 0 fully saturated rings. The summed E-state index contributed by atoms with van der Waals surface area (Å²) in [4.78, 5) is 24.2. The average Bonchev–Trinajstić information content (AvgIpc) is 2.53. The maximum atomic E-state index is 12.3. The van der Waals surface area contributed by atoms with Crippen LogP contribution in [0.5, 0.6) is 0 Å². The van der Waals surface area contributed by atoms with E-state index in [1.807, 2.05) is 6.92 Å². The number of hydrogen-bond donors (Lipinski definition) is 1. The lowest BCUT2D eigenvalue weighted by atomic mass is 10.1. The molecule has 0 bridgehead atoms. The number of carbonyl (C=O) groups excluding carboxylic acids is 1. The van der Waals surface area contributed by atoms with Gasteiger partial charge in [0.2, 0.25) is 0 Å². The number of amides is 1. The Morgan fingerprint density at radius 2 is 1.77 bits per heavy atom. The van der Waals surface area contributed by atoms with Crippen molar-refractivity contribution in [1.82, 2.24) is 0 Å². The van der Waals surface area contributed by atoms with Gasteiger partial charge >= 0.3 is 5.63 Å². The number of para-hydroxylation sites is 1. The molecule has 0 saturated heterocycles. The summed E-state index contributed by atoms with van der Waals surface area (Å²) < 4.78 is 5.10. The van der Waals surface area contributed by atoms with E-state index >= 15 is 0 Å². The van der Waals surface area contributed by atoms with Gasteiger partial charge in [-0.25, -0.2) is 4.79 Å². The normalized spacial score (nSPS) is 10.6. The van der Waals surface area contributed by atoms with Gasteiger partial charge in [0.25, 0.3) is 5.91 Å². The molecule has 0 aliphatic heterocycles. The Balaban J connectivity index is 2.02. The zero-order valence-corrected chi connectivity index (χ0v) is 11.8. The minimum absolute atomic E-state index is 0.221. The van der Waals surface area contributed by atoms with Crippen LogP contribution in [0, 0.1) is 6.92 Å². The van der Waals surface area contributed by atoms with E-state index in [9.17, 15) is 14.8 Å². The van der Waals surface area contributed by atoms with Crippen LogP contribution in [0.4, 0.5) is 5.69 Å². The number of rotatable bonds is 2. The van der Waals surface area contributed by atoms with Gasteiger partial charge < -0.3 is 4.42 Å². The van der Waals surface area contributed by atoms with Crippen LogP contribution in [0.1, 0.15) is 15.9 Å². The van der Waals surface area contributed by atoms with E-state index in [0.29, 0.717) is 16.0 Å². The highest BCUT2D eigenvalue weighted by molar-refractivity contribution is 6.05. The topological polar surface area (TPSA) is 70.8 Å². The van der Waals surface area contributed by atoms with Gasteiger partial charge in [-0.15, -0.1) is 0 Å². The van der Waals surface area contributed by atoms with Crippen LogP contribution in [0.3, 0.4) is 0 Å². The van der Waals surface area contributed by atoms with Crippen LogP contribution < -0.4 is 10.7 Å². The molecule has 0 aliphatic rings. The third-order valence-corrected chi connectivity index (χ3v) is 3.34. The molecule has 110 valence electrons. The molecule has 1 amide bonds. The van der Waals surface area contributed by atoms with Crippen LogP contribution in [-0.4, -0.2) is 11.1 Å². The zero-order valence-electron chi connectivity index (χ0n) is 11.8. The lowest BCUT2D eigenvalue weighted by Gasteiger charge is -2.14. The standard InChI is InChI=1S/C17H13NO4/c1-11-6-8-13(9-7-11)18(21)16(19)14-10-12-4-2-3-5-15(12)22-17(14)20/h2-10,21H,1H3. The Kier molecular flexibility index (Phi) is 3.48. The highest BCUT2D eigenvalue weighted by Crippen LogP contribution is 2.17. The maximum absolute atomic E-state index is 12.3. The molecule has 0 radical (unpaired) electrons. The second kappa shape index (κ2) is 5.46. The maximum Gasteiger partial charge on any atom is 0.349 e. The highest BCUT2D eigenvalue weighted by Gasteiger charge is 2.20. The third kappa shape index (κ3) is 2.49. The van der Waals surface area contributed by atoms with Crippen LogP contribution in [0.15, 0.2) is 63.8 Å². The molecule has 0 atom stereocenters. The molecule has 0 aliphatic carbocycles. The summed E-state index contributed by atoms with van der Waals surface area (Å²) in [6.07, 6.45) is 0. The fraction of sp³-hybridized carbons (Fsp3) is 0.0588. The van der Waals surface area contributed by atoms with Gasteiger partial charge in [0.15, 0.2) is 0 Å². The molecule has 0 saturated carbocycles. The number of benzene rings is 2. The molecule has 22 heavy (non-hydrogen) atoms. The van der Waals surface area contributed by atoms with E-state index in [2.05, 4.69) is 0 Å². The second-order valence-electron chi connectivity index (χ2n) is 4.94. The zero-order chi connectivity index (χ0) is 15.7. The Labute approximate surface area is 126 Å². The molecule has 3 aromatic rings. The summed E-state index contributed by atoms with van der Waals surface area (Å²) in [5.41, 5.74) is 0.665. The van der Waals surface area contributed by atoms with Crippen LogP contribution in [0.2, 0.25) is 0 Å². The van der Waals surface area contributed by atoms with E-state index in [4.69, 9.17) is 4.42 Å². The predicted molar refractivity (Wildman–Crippen MR) is 82.3 cm³/mol. The van der Waals surface area contributed by atoms with E-state index in [1.165, 1.54) is 6.07 Å². The van der Waals surface area contributed by atoms with Crippen molar-refractivity contribution < 1.29 is 14.4 Å². The quantitative estimate of drug-likeness (QED) is 0.448. The third-order valence-electron chi connectivity index (χ3n) is 3.34. The molecule has 1 N–H and O–H groups in total. The lowest BCUT2D eigenvalue weighted by Crippen LogP contribution is -2.31. The average molecular weight is 295 g/mol. The highest BCUT2D eigenvalue weighted by atomic mass is 16.5. The summed E-state index contributed by atoms with van der Waals surface area (Å²) in [6, 6.07) is 15.0. The fourth-order valence-corrected chi connectivity index (χ4v) is 2.13. The largest absolute Gasteiger partial charge is 0.422 e. The van der Waals surface area contributed by atoms with Gasteiger partial charge in [-0.05, 0) is 31.2 Å². The van der Waals surface area contributed by atoms with Crippen LogP contribution in [0.25, 0.3) is 11.0 Å². The summed E-state index contributed by atoms with van der Waals surface area (Å²) in [6.45, 7) is 1.89. The number of carbonyl (C=O) groups is 1. The Morgan fingerprint density at radius 3 is 2.50 bits per heavy atom. The SMILES string of the molecule is Cc1ccc(N(O)C(=O)c2cc3ccccc3oc2=O)cc1. The number of fused-ring (bicyclic) bond motifs is 1. The molecular formula is C17H13NO4. The first-order valence-electron chi connectivity index (χ1n) is 6.69. The van der Waals surface area contributed by atoms with E-state index < -0.39 is 11.5 Å². The molecule has 2 aromatic carbocycles. The number of aryl methyl sites for hydroxylation is 1. The first kappa shape index (κ1) is 14.0. The van der Waals surface area contributed by atoms with Crippen molar-refractivity contribution >= 4 is 22.6 Å². The van der Waals surface area contributed by atoms with Crippen molar-refractivity contribution in [2.75, 3.05) is 5.06 Å². The molecule has 1 aromatic heterocycles. The molecular weight excluding hydrogens is 282 g/mol. The fourth-order valence-electron chi connectivity index (χ4n) is 2.13. The summed E-state index contributed by atoms with van der Waals surface area (Å²) in [7, 11) is 0. The van der Waals surface area contributed by atoms with Gasteiger partial charge in [0.1, 0.15) is 11.1 Å². The van der Waals surface area contributed by atoms with Crippen molar-refractivity contribution in [2.45, 2.75) is 6.92 Å². The summed E-state index contributed by atoms with van der Waals surface area (Å²) in [5, 5.41) is 11.1. The number of hydrogen-bond acceptors (Lipinski definition) is 4. The molecule has 5 heteroatoms. The lowest BCUT2D eigenvalue weighted by molar-refractivity contribution is 0.0851. The van der Waals surface area contributed by atoms with E-state index in [1.54, 1.807) is 48.5 Å². The van der Waals surface area contributed by atoms with E-state index in [0.717, 1.165) is 5.56 Å². The predicted octanol–water partition coefficient (Wildman–Crippen LogP) is 3.14.